The van der Waals surface area contributed by atoms with Gasteiger partial charge in [-0.2, -0.15) is 0 Å². The van der Waals surface area contributed by atoms with E-state index >= 15 is 0 Å². The van der Waals surface area contributed by atoms with Gasteiger partial charge in [0.15, 0.2) is 0 Å². The van der Waals surface area contributed by atoms with Crippen LogP contribution in [0.1, 0.15) is 74.5 Å². The van der Waals surface area contributed by atoms with Crippen LogP contribution in [0.5, 0.6) is 0 Å². The van der Waals surface area contributed by atoms with E-state index in [1.165, 1.54) is 12.8 Å². The van der Waals surface area contributed by atoms with Crippen LogP contribution >= 0.6 is 0 Å². The summed E-state index contributed by atoms with van der Waals surface area (Å²) >= 11 is 0. The minimum Gasteiger partial charge on any atom is -0.350 e. The van der Waals surface area contributed by atoms with Crippen molar-refractivity contribution in [1.29, 1.82) is 0 Å². The highest BCUT2D eigenvalue weighted by Gasteiger charge is 2.59. The minimum atomic E-state index is -0.189. The standard InChI is InChI=1S/C23H31N3O2/c1-14-6-7-18(14)20(27)25-22-9-16-8-17(10-22)12-23(11-16,13-22)26-21(28)19-5-3-4-15(2)24-19/h3-5,14,16-18H,6-13H2,1-2H3,(H,25,27)(H,26,28). The van der Waals surface area contributed by atoms with Crippen molar-refractivity contribution in [3.8, 4) is 0 Å². The second-order valence-electron chi connectivity index (χ2n) is 10.3. The number of amides is 2. The molecule has 4 atom stereocenters. The van der Waals surface area contributed by atoms with Gasteiger partial charge in [-0.25, -0.2) is 4.98 Å². The molecule has 2 amide bonds. The molecule has 0 aliphatic heterocycles. The summed E-state index contributed by atoms with van der Waals surface area (Å²) in [6, 6.07) is 5.59. The van der Waals surface area contributed by atoms with Gasteiger partial charge in [-0.15, -0.1) is 0 Å². The van der Waals surface area contributed by atoms with E-state index < -0.39 is 0 Å². The largest absolute Gasteiger partial charge is 0.350 e. The van der Waals surface area contributed by atoms with Crippen LogP contribution in [0.3, 0.4) is 0 Å². The zero-order valence-electron chi connectivity index (χ0n) is 17.0. The Hall–Kier alpha value is -1.91. The molecule has 0 aromatic carbocycles. The van der Waals surface area contributed by atoms with Crippen LogP contribution in [0.25, 0.3) is 0 Å². The number of aromatic nitrogens is 1. The van der Waals surface area contributed by atoms with Crippen molar-refractivity contribution in [2.45, 2.75) is 76.3 Å². The molecule has 1 aromatic rings. The second kappa shape index (κ2) is 6.30. The molecule has 5 saturated carbocycles. The number of hydrogen-bond donors (Lipinski definition) is 2. The van der Waals surface area contributed by atoms with E-state index in [1.54, 1.807) is 6.07 Å². The lowest BCUT2D eigenvalue weighted by Crippen LogP contribution is -2.70. The van der Waals surface area contributed by atoms with Gasteiger partial charge in [0.2, 0.25) is 5.91 Å². The molecule has 5 fully saturated rings. The van der Waals surface area contributed by atoms with E-state index in [0.29, 0.717) is 23.4 Å². The summed E-state index contributed by atoms with van der Waals surface area (Å²) < 4.78 is 0. The van der Waals surface area contributed by atoms with Crippen LogP contribution < -0.4 is 10.6 Å². The van der Waals surface area contributed by atoms with E-state index in [0.717, 1.165) is 44.2 Å². The van der Waals surface area contributed by atoms with E-state index in [1.807, 2.05) is 19.1 Å². The molecular weight excluding hydrogens is 350 g/mol. The Bertz CT molecular complexity index is 806. The maximum Gasteiger partial charge on any atom is 0.270 e. The van der Waals surface area contributed by atoms with Crippen LogP contribution in [-0.2, 0) is 4.79 Å². The monoisotopic (exact) mass is 381 g/mol. The highest BCUT2D eigenvalue weighted by molar-refractivity contribution is 5.93. The fourth-order valence-corrected chi connectivity index (χ4v) is 6.94. The normalized spacial score (nSPS) is 40.6. The first kappa shape index (κ1) is 18.1. The number of nitrogens with one attached hydrogen (secondary N) is 2. The summed E-state index contributed by atoms with van der Waals surface area (Å²) in [5.74, 6) is 2.09. The molecule has 0 spiro atoms. The molecule has 2 N–H and O–H groups in total. The average Bonchev–Trinajstić information content (AvgIpc) is 2.58. The summed E-state index contributed by atoms with van der Waals surface area (Å²) in [4.78, 5) is 30.3. The molecule has 1 aromatic heterocycles. The Labute approximate surface area is 167 Å². The summed E-state index contributed by atoms with van der Waals surface area (Å²) in [6.45, 7) is 4.09. The molecule has 6 rings (SSSR count). The topological polar surface area (TPSA) is 71.1 Å². The highest BCUT2D eigenvalue weighted by Crippen LogP contribution is 2.57. The van der Waals surface area contributed by atoms with Gasteiger partial charge >= 0.3 is 0 Å². The van der Waals surface area contributed by atoms with Crippen molar-refractivity contribution in [3.63, 3.8) is 0 Å². The van der Waals surface area contributed by atoms with Crippen molar-refractivity contribution in [3.05, 3.63) is 29.6 Å². The molecule has 150 valence electrons. The first-order valence-corrected chi connectivity index (χ1v) is 10.9. The Morgan fingerprint density at radius 2 is 1.71 bits per heavy atom. The van der Waals surface area contributed by atoms with E-state index in [9.17, 15) is 9.59 Å². The number of carbonyl (C=O) groups is 2. The minimum absolute atomic E-state index is 0.0697. The second-order valence-corrected chi connectivity index (χ2v) is 10.3. The van der Waals surface area contributed by atoms with Gasteiger partial charge in [-0.05, 0) is 88.2 Å². The van der Waals surface area contributed by atoms with Gasteiger partial charge in [-0.1, -0.05) is 13.0 Å². The summed E-state index contributed by atoms with van der Waals surface area (Å²) in [5, 5.41) is 6.88. The molecule has 0 saturated heterocycles. The Morgan fingerprint density at radius 1 is 1.04 bits per heavy atom. The van der Waals surface area contributed by atoms with Gasteiger partial charge in [0.25, 0.3) is 5.91 Å². The molecule has 5 nitrogen and oxygen atoms in total. The molecule has 5 aliphatic carbocycles. The Morgan fingerprint density at radius 3 is 2.29 bits per heavy atom. The maximum absolute atomic E-state index is 13.0. The Balaban J connectivity index is 1.35. The van der Waals surface area contributed by atoms with Crippen molar-refractivity contribution in [2.75, 3.05) is 0 Å². The van der Waals surface area contributed by atoms with Crippen molar-refractivity contribution in [1.82, 2.24) is 15.6 Å². The predicted molar refractivity (Wildman–Crippen MR) is 107 cm³/mol. The van der Waals surface area contributed by atoms with Gasteiger partial charge in [0, 0.05) is 22.7 Å². The van der Waals surface area contributed by atoms with Gasteiger partial charge < -0.3 is 10.6 Å². The summed E-state index contributed by atoms with van der Waals surface area (Å²) in [6.07, 6.45) is 8.55. The lowest BCUT2D eigenvalue weighted by Gasteiger charge is -2.62. The third-order valence-electron chi connectivity index (χ3n) is 7.91. The lowest BCUT2D eigenvalue weighted by molar-refractivity contribution is -0.136. The molecule has 5 heteroatoms. The third kappa shape index (κ3) is 3.03. The number of nitrogens with zero attached hydrogens (tertiary/aromatic N) is 1. The first-order valence-electron chi connectivity index (χ1n) is 10.9. The smallest absolute Gasteiger partial charge is 0.270 e. The van der Waals surface area contributed by atoms with Crippen molar-refractivity contribution >= 4 is 11.8 Å². The van der Waals surface area contributed by atoms with E-state index in [4.69, 9.17) is 0 Å². The zero-order chi connectivity index (χ0) is 19.5. The fraction of sp³-hybridized carbons (Fsp3) is 0.696. The number of hydrogen-bond acceptors (Lipinski definition) is 3. The predicted octanol–water partition coefficient (Wildman–Crippen LogP) is 3.37. The van der Waals surface area contributed by atoms with Crippen LogP contribution in [0.15, 0.2) is 18.2 Å². The summed E-state index contributed by atoms with van der Waals surface area (Å²) in [5.41, 5.74) is 1.04. The van der Waals surface area contributed by atoms with Gasteiger partial charge in [0.1, 0.15) is 5.69 Å². The number of carbonyl (C=O) groups excluding carboxylic acids is 2. The van der Waals surface area contributed by atoms with E-state index in [-0.39, 0.29) is 28.8 Å². The molecule has 5 aliphatic rings. The van der Waals surface area contributed by atoms with Crippen LogP contribution in [0.2, 0.25) is 0 Å². The van der Waals surface area contributed by atoms with E-state index in [2.05, 4.69) is 22.5 Å². The quantitative estimate of drug-likeness (QED) is 0.840. The highest BCUT2D eigenvalue weighted by atomic mass is 16.2. The molecular formula is C23H31N3O2. The molecule has 28 heavy (non-hydrogen) atoms. The fourth-order valence-electron chi connectivity index (χ4n) is 6.94. The van der Waals surface area contributed by atoms with Crippen molar-refractivity contribution < 1.29 is 9.59 Å². The number of pyridine rings is 1. The van der Waals surface area contributed by atoms with Crippen LogP contribution in [0.4, 0.5) is 0 Å². The van der Waals surface area contributed by atoms with Gasteiger partial charge in [-0.3, -0.25) is 9.59 Å². The number of aryl methyl sites for hydroxylation is 1. The summed E-state index contributed by atoms with van der Waals surface area (Å²) in [7, 11) is 0. The lowest BCUT2D eigenvalue weighted by atomic mass is 9.49. The maximum atomic E-state index is 13.0. The van der Waals surface area contributed by atoms with Crippen LogP contribution in [-0.4, -0.2) is 27.9 Å². The molecule has 1 heterocycles. The zero-order valence-corrected chi connectivity index (χ0v) is 17.0. The first-order chi connectivity index (χ1) is 13.4. The molecule has 0 radical (unpaired) electrons. The third-order valence-corrected chi connectivity index (χ3v) is 7.91. The average molecular weight is 382 g/mol. The Kier molecular flexibility index (Phi) is 4.08. The van der Waals surface area contributed by atoms with Crippen LogP contribution in [0, 0.1) is 30.6 Å². The SMILES string of the molecule is Cc1cccc(C(=O)NC23CC4CC(C2)CC(NC(=O)C2CCC2C)(C4)C3)n1. The van der Waals surface area contributed by atoms with Gasteiger partial charge in [0.05, 0.1) is 0 Å². The molecule has 4 unspecified atom stereocenters. The molecule has 4 bridgehead atoms. The van der Waals surface area contributed by atoms with Crippen molar-refractivity contribution in [2.24, 2.45) is 23.7 Å². The number of rotatable bonds is 4.